The third kappa shape index (κ3) is 6.04. The summed E-state index contributed by atoms with van der Waals surface area (Å²) in [5.74, 6) is 0.693. The first-order valence-electron chi connectivity index (χ1n) is 7.14. The average Bonchev–Trinajstić information content (AvgIpc) is 2.39. The molecule has 0 radical (unpaired) electrons. The van der Waals surface area contributed by atoms with E-state index in [0.29, 0.717) is 12.5 Å². The molecule has 0 spiro atoms. The van der Waals surface area contributed by atoms with Gasteiger partial charge in [-0.2, -0.15) is 0 Å². The number of rotatable bonds is 8. The Balaban J connectivity index is 2.73. The summed E-state index contributed by atoms with van der Waals surface area (Å²) in [5.41, 5.74) is 3.96. The van der Waals surface area contributed by atoms with Crippen LogP contribution in [0, 0.1) is 5.92 Å². The molecule has 0 bridgehead atoms. The minimum Gasteiger partial charge on any atom is -0.380 e. The zero-order valence-corrected chi connectivity index (χ0v) is 12.7. The predicted octanol–water partition coefficient (Wildman–Crippen LogP) is 3.87. The molecule has 0 amide bonds. The van der Waals surface area contributed by atoms with Gasteiger partial charge in [0.25, 0.3) is 0 Å². The van der Waals surface area contributed by atoms with Crippen LogP contribution < -0.4 is 5.32 Å². The molecule has 0 fully saturated rings. The Morgan fingerprint density at radius 1 is 1.32 bits per heavy atom. The van der Waals surface area contributed by atoms with Gasteiger partial charge in [-0.15, -0.1) is 0 Å². The summed E-state index contributed by atoms with van der Waals surface area (Å²) in [6.45, 7) is 9.38. The van der Waals surface area contributed by atoms with E-state index >= 15 is 0 Å². The number of methoxy groups -OCH3 is 1. The molecule has 1 rings (SSSR count). The van der Waals surface area contributed by atoms with Crippen molar-refractivity contribution < 1.29 is 4.74 Å². The normalized spacial score (nSPS) is 12.2. The Morgan fingerprint density at radius 3 is 2.68 bits per heavy atom. The molecule has 0 aliphatic carbocycles. The van der Waals surface area contributed by atoms with E-state index in [1.165, 1.54) is 16.7 Å². The van der Waals surface area contributed by atoms with Crippen LogP contribution >= 0.6 is 0 Å². The van der Waals surface area contributed by atoms with Gasteiger partial charge < -0.3 is 10.1 Å². The quantitative estimate of drug-likeness (QED) is 0.767. The average molecular weight is 261 g/mol. The summed E-state index contributed by atoms with van der Waals surface area (Å²) >= 11 is 0. The lowest BCUT2D eigenvalue weighted by molar-refractivity contribution is 0.184. The van der Waals surface area contributed by atoms with Crippen LogP contribution in [-0.4, -0.2) is 20.2 Å². The van der Waals surface area contributed by atoms with Gasteiger partial charge >= 0.3 is 0 Å². The van der Waals surface area contributed by atoms with E-state index in [2.05, 4.69) is 56.4 Å². The summed E-state index contributed by atoms with van der Waals surface area (Å²) in [4.78, 5) is 0. The van der Waals surface area contributed by atoms with Crippen molar-refractivity contribution in [3.63, 3.8) is 0 Å². The number of benzene rings is 1. The summed E-state index contributed by atoms with van der Waals surface area (Å²) in [7, 11) is 1.74. The van der Waals surface area contributed by atoms with Gasteiger partial charge in [-0.3, -0.25) is 0 Å². The molecule has 0 aliphatic heterocycles. The largest absolute Gasteiger partial charge is 0.380 e. The standard InChI is InChI=1S/C17H27NO/c1-5-15(12-18-11-14(2)3)10-16-8-6-7-9-17(16)13-19-4/h6-10,14,18H,5,11-13H2,1-4H3. The van der Waals surface area contributed by atoms with Gasteiger partial charge in [0.15, 0.2) is 0 Å². The minimum absolute atomic E-state index is 0.670. The van der Waals surface area contributed by atoms with Crippen LogP contribution in [0.25, 0.3) is 6.08 Å². The van der Waals surface area contributed by atoms with Gasteiger partial charge in [0.05, 0.1) is 6.61 Å². The maximum atomic E-state index is 5.25. The summed E-state index contributed by atoms with van der Waals surface area (Å²) in [5, 5.41) is 3.51. The zero-order chi connectivity index (χ0) is 14.1. The maximum Gasteiger partial charge on any atom is 0.0718 e. The second kappa shape index (κ2) is 8.89. The van der Waals surface area contributed by atoms with Gasteiger partial charge in [-0.1, -0.05) is 56.7 Å². The van der Waals surface area contributed by atoms with Crippen molar-refractivity contribution in [2.24, 2.45) is 5.92 Å². The molecule has 0 heterocycles. The van der Waals surface area contributed by atoms with E-state index in [-0.39, 0.29) is 0 Å². The molecular weight excluding hydrogens is 234 g/mol. The first-order chi connectivity index (χ1) is 9.17. The fourth-order valence-electron chi connectivity index (χ4n) is 1.98. The van der Waals surface area contributed by atoms with Gasteiger partial charge in [0, 0.05) is 13.7 Å². The number of nitrogens with one attached hydrogen (secondary N) is 1. The van der Waals surface area contributed by atoms with Crippen LogP contribution in [0.15, 0.2) is 29.8 Å². The van der Waals surface area contributed by atoms with E-state index in [9.17, 15) is 0 Å². The van der Waals surface area contributed by atoms with Crippen molar-refractivity contribution in [3.05, 3.63) is 41.0 Å². The van der Waals surface area contributed by atoms with Crippen LogP contribution in [0.3, 0.4) is 0 Å². The van der Waals surface area contributed by atoms with Gasteiger partial charge in [-0.25, -0.2) is 0 Å². The summed E-state index contributed by atoms with van der Waals surface area (Å²) in [6, 6.07) is 8.44. The van der Waals surface area contributed by atoms with Crippen molar-refractivity contribution in [1.82, 2.24) is 5.32 Å². The highest BCUT2D eigenvalue weighted by Crippen LogP contribution is 2.15. The Hall–Kier alpha value is -1.12. The molecule has 0 atom stereocenters. The number of ether oxygens (including phenoxy) is 1. The highest BCUT2D eigenvalue weighted by Gasteiger charge is 2.01. The lowest BCUT2D eigenvalue weighted by atomic mass is 10.0. The highest BCUT2D eigenvalue weighted by atomic mass is 16.5. The van der Waals surface area contributed by atoms with Gasteiger partial charge in [0.2, 0.25) is 0 Å². The molecule has 0 aliphatic rings. The van der Waals surface area contributed by atoms with Crippen LogP contribution in [0.1, 0.15) is 38.3 Å². The van der Waals surface area contributed by atoms with E-state index in [4.69, 9.17) is 4.74 Å². The smallest absolute Gasteiger partial charge is 0.0718 e. The number of hydrogen-bond donors (Lipinski definition) is 1. The summed E-state index contributed by atoms with van der Waals surface area (Å²) < 4.78 is 5.25. The Labute approximate surface area is 117 Å². The molecule has 1 aromatic rings. The van der Waals surface area contributed by atoms with Crippen molar-refractivity contribution in [2.45, 2.75) is 33.8 Å². The molecule has 106 valence electrons. The van der Waals surface area contributed by atoms with E-state index < -0.39 is 0 Å². The second-order valence-electron chi connectivity index (χ2n) is 5.31. The topological polar surface area (TPSA) is 21.3 Å². The number of hydrogen-bond acceptors (Lipinski definition) is 2. The van der Waals surface area contributed by atoms with E-state index in [0.717, 1.165) is 19.5 Å². The van der Waals surface area contributed by atoms with Crippen LogP contribution in [0.5, 0.6) is 0 Å². The van der Waals surface area contributed by atoms with Crippen molar-refractivity contribution in [3.8, 4) is 0 Å². The molecule has 0 saturated heterocycles. The van der Waals surface area contributed by atoms with Crippen LogP contribution in [0.4, 0.5) is 0 Å². The molecule has 1 N–H and O–H groups in total. The Kier molecular flexibility index (Phi) is 7.46. The molecule has 2 nitrogen and oxygen atoms in total. The lowest BCUT2D eigenvalue weighted by Crippen LogP contribution is -2.21. The predicted molar refractivity (Wildman–Crippen MR) is 83.1 cm³/mol. The first-order valence-corrected chi connectivity index (χ1v) is 7.14. The van der Waals surface area contributed by atoms with Gasteiger partial charge in [0.1, 0.15) is 0 Å². The third-order valence-electron chi connectivity index (χ3n) is 3.07. The first kappa shape index (κ1) is 15.9. The molecule has 19 heavy (non-hydrogen) atoms. The van der Waals surface area contributed by atoms with E-state index in [1.807, 2.05) is 0 Å². The fraction of sp³-hybridized carbons (Fsp3) is 0.529. The zero-order valence-electron chi connectivity index (χ0n) is 12.7. The minimum atomic E-state index is 0.670. The molecule has 2 heteroatoms. The second-order valence-corrected chi connectivity index (χ2v) is 5.31. The van der Waals surface area contributed by atoms with Crippen LogP contribution in [-0.2, 0) is 11.3 Å². The monoisotopic (exact) mass is 261 g/mol. The molecule has 1 aromatic carbocycles. The summed E-state index contributed by atoms with van der Waals surface area (Å²) in [6.07, 6.45) is 3.37. The lowest BCUT2D eigenvalue weighted by Gasteiger charge is -2.11. The van der Waals surface area contributed by atoms with E-state index in [1.54, 1.807) is 7.11 Å². The van der Waals surface area contributed by atoms with Crippen molar-refractivity contribution >= 4 is 6.08 Å². The molecule has 0 unspecified atom stereocenters. The van der Waals surface area contributed by atoms with Crippen molar-refractivity contribution in [2.75, 3.05) is 20.2 Å². The highest BCUT2D eigenvalue weighted by molar-refractivity contribution is 5.56. The maximum absolute atomic E-state index is 5.25. The third-order valence-corrected chi connectivity index (χ3v) is 3.07. The molecule has 0 aromatic heterocycles. The molecule has 0 saturated carbocycles. The van der Waals surface area contributed by atoms with Crippen molar-refractivity contribution in [1.29, 1.82) is 0 Å². The molecular formula is C17H27NO. The SMILES string of the molecule is CCC(=Cc1ccccc1COC)CNCC(C)C. The van der Waals surface area contributed by atoms with Crippen LogP contribution in [0.2, 0.25) is 0 Å². The fourth-order valence-corrected chi connectivity index (χ4v) is 1.98. The Morgan fingerprint density at radius 2 is 2.05 bits per heavy atom. The Bertz CT molecular complexity index is 396. The van der Waals surface area contributed by atoms with Gasteiger partial charge in [-0.05, 0) is 30.0 Å².